The average molecular weight is 273 g/mol. The Hall–Kier alpha value is -0.410. The van der Waals surface area contributed by atoms with Crippen LogP contribution in [0.1, 0.15) is 25.1 Å². The van der Waals surface area contributed by atoms with E-state index in [2.05, 4.69) is 15.9 Å². The molecular formula is C11H13BrOS. The first-order valence-electron chi connectivity index (χ1n) is 4.59. The van der Waals surface area contributed by atoms with Crippen LogP contribution in [-0.2, 0) is 11.2 Å². The number of carbonyl (C=O) groups excluding carboxylic acids is 1. The van der Waals surface area contributed by atoms with Crippen molar-refractivity contribution < 1.29 is 4.79 Å². The molecule has 0 aliphatic heterocycles. The Balaban J connectivity index is 2.71. The third-order valence-electron chi connectivity index (χ3n) is 2.10. The van der Waals surface area contributed by atoms with Gasteiger partial charge >= 0.3 is 0 Å². The minimum atomic E-state index is 0.234. The third kappa shape index (κ3) is 2.79. The van der Waals surface area contributed by atoms with Gasteiger partial charge < -0.3 is 0 Å². The zero-order valence-electron chi connectivity index (χ0n) is 8.34. The maximum absolute atomic E-state index is 11.7. The largest absolute Gasteiger partial charge is 0.294 e. The summed E-state index contributed by atoms with van der Waals surface area (Å²) in [5.74, 6) is 0.234. The van der Waals surface area contributed by atoms with Crippen molar-refractivity contribution in [3.8, 4) is 0 Å². The zero-order valence-corrected chi connectivity index (χ0v) is 10.7. The van der Waals surface area contributed by atoms with Crippen LogP contribution in [0.15, 0.2) is 27.6 Å². The molecule has 0 bridgehead atoms. The number of thiophene rings is 1. The first kappa shape index (κ1) is 11.7. The maximum atomic E-state index is 11.7. The van der Waals surface area contributed by atoms with Gasteiger partial charge in [0.15, 0.2) is 5.78 Å². The summed E-state index contributed by atoms with van der Waals surface area (Å²) >= 11 is 5.05. The first-order chi connectivity index (χ1) is 6.69. The van der Waals surface area contributed by atoms with Crippen LogP contribution in [0.4, 0.5) is 0 Å². The van der Waals surface area contributed by atoms with E-state index in [1.807, 2.05) is 31.4 Å². The van der Waals surface area contributed by atoms with Crippen LogP contribution in [0.5, 0.6) is 0 Å². The minimum Gasteiger partial charge on any atom is -0.294 e. The van der Waals surface area contributed by atoms with E-state index in [1.165, 1.54) is 0 Å². The highest BCUT2D eigenvalue weighted by Gasteiger charge is 2.10. The maximum Gasteiger partial charge on any atom is 0.163 e. The molecule has 1 aromatic rings. The van der Waals surface area contributed by atoms with Crippen molar-refractivity contribution in [2.24, 2.45) is 0 Å². The number of hydrogen-bond acceptors (Lipinski definition) is 2. The number of Topliss-reactive ketones (excluding diaryl/α,β-unsaturated/α-hetero) is 1. The second kappa shape index (κ2) is 5.47. The molecular weight excluding hydrogens is 260 g/mol. The number of rotatable bonds is 4. The van der Waals surface area contributed by atoms with E-state index in [1.54, 1.807) is 11.3 Å². The van der Waals surface area contributed by atoms with Gasteiger partial charge in [0.2, 0.25) is 0 Å². The molecule has 0 fully saturated rings. The smallest absolute Gasteiger partial charge is 0.163 e. The quantitative estimate of drug-likeness (QED) is 0.758. The normalized spacial score (nSPS) is 11.8. The van der Waals surface area contributed by atoms with Crippen molar-refractivity contribution in [3.05, 3.63) is 32.4 Å². The van der Waals surface area contributed by atoms with Crippen molar-refractivity contribution in [1.29, 1.82) is 0 Å². The molecule has 0 aliphatic carbocycles. The topological polar surface area (TPSA) is 17.1 Å². The van der Waals surface area contributed by atoms with Crippen molar-refractivity contribution in [3.63, 3.8) is 0 Å². The van der Waals surface area contributed by atoms with E-state index in [9.17, 15) is 4.79 Å². The van der Waals surface area contributed by atoms with Gasteiger partial charge in [0, 0.05) is 15.8 Å². The van der Waals surface area contributed by atoms with E-state index in [-0.39, 0.29) is 5.78 Å². The van der Waals surface area contributed by atoms with Crippen molar-refractivity contribution in [1.82, 2.24) is 0 Å². The number of halogens is 1. The van der Waals surface area contributed by atoms with Crippen LogP contribution >= 0.6 is 27.3 Å². The lowest BCUT2D eigenvalue weighted by atomic mass is 10.1. The predicted molar refractivity (Wildman–Crippen MR) is 64.8 cm³/mol. The van der Waals surface area contributed by atoms with Crippen molar-refractivity contribution >= 4 is 33.0 Å². The molecule has 1 rings (SSSR count). The fourth-order valence-corrected chi connectivity index (χ4v) is 2.76. The van der Waals surface area contributed by atoms with Gasteiger partial charge in [-0.2, -0.15) is 0 Å². The molecule has 0 amide bonds. The molecule has 0 atom stereocenters. The Kier molecular flexibility index (Phi) is 4.55. The Labute approximate surface area is 97.0 Å². The molecule has 1 heterocycles. The molecule has 1 nitrogen and oxygen atoms in total. The second-order valence-electron chi connectivity index (χ2n) is 2.96. The Morgan fingerprint density at radius 3 is 2.79 bits per heavy atom. The molecule has 3 heteroatoms. The van der Waals surface area contributed by atoms with Crippen LogP contribution in [0.25, 0.3) is 0 Å². The summed E-state index contributed by atoms with van der Waals surface area (Å²) in [5, 5.41) is 1.99. The molecule has 0 unspecified atom stereocenters. The summed E-state index contributed by atoms with van der Waals surface area (Å²) in [6.07, 6.45) is 3.24. The molecule has 1 aromatic heterocycles. The number of hydrogen-bond donors (Lipinski definition) is 0. The monoisotopic (exact) mass is 272 g/mol. The van der Waals surface area contributed by atoms with Crippen molar-refractivity contribution in [2.75, 3.05) is 0 Å². The van der Waals surface area contributed by atoms with E-state index in [4.69, 9.17) is 0 Å². The number of allylic oxidation sites excluding steroid dienone is 2. The van der Waals surface area contributed by atoms with E-state index in [0.29, 0.717) is 6.42 Å². The van der Waals surface area contributed by atoms with Gasteiger partial charge in [-0.15, -0.1) is 11.3 Å². The molecule has 0 radical (unpaired) electrons. The molecule has 0 aromatic carbocycles. The van der Waals surface area contributed by atoms with Gasteiger partial charge in [-0.05, 0) is 46.3 Å². The van der Waals surface area contributed by atoms with Crippen molar-refractivity contribution in [2.45, 2.75) is 26.7 Å². The lowest BCUT2D eigenvalue weighted by Gasteiger charge is -2.01. The molecule has 0 saturated heterocycles. The Morgan fingerprint density at radius 1 is 1.64 bits per heavy atom. The van der Waals surface area contributed by atoms with E-state index >= 15 is 0 Å². The summed E-state index contributed by atoms with van der Waals surface area (Å²) in [6.45, 7) is 3.93. The number of carbonyl (C=O) groups is 1. The van der Waals surface area contributed by atoms with Gasteiger partial charge in [-0.25, -0.2) is 0 Å². The lowest BCUT2D eigenvalue weighted by molar-refractivity contribution is -0.115. The lowest BCUT2D eigenvalue weighted by Crippen LogP contribution is -2.04. The van der Waals surface area contributed by atoms with E-state index in [0.717, 1.165) is 21.3 Å². The van der Waals surface area contributed by atoms with Gasteiger partial charge in [-0.3, -0.25) is 4.79 Å². The SMILES string of the molecule is C/C=C(/CC)C(=O)Cc1sccc1Br. The van der Waals surface area contributed by atoms with Crippen LogP contribution in [0.3, 0.4) is 0 Å². The first-order valence-corrected chi connectivity index (χ1v) is 6.26. The highest BCUT2D eigenvalue weighted by atomic mass is 79.9. The summed E-state index contributed by atoms with van der Waals surface area (Å²) in [4.78, 5) is 12.9. The molecule has 14 heavy (non-hydrogen) atoms. The minimum absolute atomic E-state index is 0.234. The summed E-state index contributed by atoms with van der Waals surface area (Å²) in [5.41, 5.74) is 0.922. The highest BCUT2D eigenvalue weighted by molar-refractivity contribution is 9.10. The zero-order chi connectivity index (χ0) is 10.6. The average Bonchev–Trinajstić information content (AvgIpc) is 2.54. The Bertz CT molecular complexity index is 352. The fraction of sp³-hybridized carbons (Fsp3) is 0.364. The Morgan fingerprint density at radius 2 is 2.36 bits per heavy atom. The van der Waals surface area contributed by atoms with Gasteiger partial charge in [0.1, 0.15) is 0 Å². The third-order valence-corrected chi connectivity index (χ3v) is 4.03. The fourth-order valence-electron chi connectivity index (χ4n) is 1.27. The van der Waals surface area contributed by atoms with Gasteiger partial charge in [0.25, 0.3) is 0 Å². The van der Waals surface area contributed by atoms with E-state index < -0.39 is 0 Å². The standard InChI is InChI=1S/C11H13BrOS/c1-3-8(4-2)10(13)7-11-9(12)5-6-14-11/h3,5-6H,4,7H2,1-2H3/b8-3-. The van der Waals surface area contributed by atoms with Crippen LogP contribution in [-0.4, -0.2) is 5.78 Å². The molecule has 0 aliphatic rings. The van der Waals surface area contributed by atoms with Gasteiger partial charge in [0.05, 0.1) is 0 Å². The van der Waals surface area contributed by atoms with Gasteiger partial charge in [-0.1, -0.05) is 13.0 Å². The highest BCUT2D eigenvalue weighted by Crippen LogP contribution is 2.24. The molecule has 0 N–H and O–H groups in total. The second-order valence-corrected chi connectivity index (χ2v) is 4.81. The van der Waals surface area contributed by atoms with Crippen LogP contribution in [0.2, 0.25) is 0 Å². The van der Waals surface area contributed by atoms with Crippen LogP contribution in [0, 0.1) is 0 Å². The summed E-state index contributed by atoms with van der Waals surface area (Å²) in [6, 6.07) is 1.98. The molecule has 0 spiro atoms. The summed E-state index contributed by atoms with van der Waals surface area (Å²) < 4.78 is 1.04. The van der Waals surface area contributed by atoms with Crippen LogP contribution < -0.4 is 0 Å². The number of ketones is 1. The molecule has 76 valence electrons. The summed E-state index contributed by atoms with van der Waals surface area (Å²) in [7, 11) is 0. The predicted octanol–water partition coefficient (Wildman–Crippen LogP) is 3.98. The molecule has 0 saturated carbocycles.